The maximum Gasteiger partial charge on any atom is 0.224 e. The first-order valence-electron chi connectivity index (χ1n) is 7.79. The van der Waals surface area contributed by atoms with E-state index in [-0.39, 0.29) is 23.1 Å². The van der Waals surface area contributed by atoms with Crippen molar-refractivity contribution in [2.24, 2.45) is 0 Å². The van der Waals surface area contributed by atoms with Gasteiger partial charge in [0.25, 0.3) is 0 Å². The molecule has 2 aliphatic rings. The third-order valence-corrected chi connectivity index (χ3v) is 4.44. The molecule has 2 aliphatic heterocycles. The molecule has 2 saturated heterocycles. The fourth-order valence-electron chi connectivity index (χ4n) is 2.88. The molecule has 0 bridgehead atoms. The summed E-state index contributed by atoms with van der Waals surface area (Å²) in [5.74, 6) is -0.378. The van der Waals surface area contributed by atoms with E-state index in [1.165, 1.54) is 6.07 Å². The summed E-state index contributed by atoms with van der Waals surface area (Å²) in [4.78, 5) is 14.2. The number of nitrogens with one attached hydrogen (secondary N) is 1. The van der Waals surface area contributed by atoms with Gasteiger partial charge < -0.3 is 19.7 Å². The Morgan fingerprint density at radius 1 is 1.43 bits per heavy atom. The summed E-state index contributed by atoms with van der Waals surface area (Å²) in [6.45, 7) is 3.51. The van der Waals surface area contributed by atoms with Gasteiger partial charge in [0.2, 0.25) is 5.91 Å². The number of halogens is 2. The van der Waals surface area contributed by atoms with Crippen molar-refractivity contribution in [1.82, 2.24) is 10.2 Å². The minimum absolute atomic E-state index is 0.0674. The Morgan fingerprint density at radius 3 is 3.04 bits per heavy atom. The van der Waals surface area contributed by atoms with E-state index >= 15 is 0 Å². The second kappa shape index (κ2) is 7.57. The summed E-state index contributed by atoms with van der Waals surface area (Å²) in [7, 11) is 0. The molecular formula is C16H20ClFN2O3. The SMILES string of the molecule is O=C(CC1COCCN1)N1CCOC(c2ccc(F)c(Cl)c2)C1. The smallest absolute Gasteiger partial charge is 0.224 e. The van der Waals surface area contributed by atoms with Gasteiger partial charge in [-0.25, -0.2) is 4.39 Å². The molecule has 23 heavy (non-hydrogen) atoms. The van der Waals surface area contributed by atoms with E-state index in [4.69, 9.17) is 21.1 Å². The molecule has 0 aliphatic carbocycles. The third-order valence-electron chi connectivity index (χ3n) is 4.15. The summed E-state index contributed by atoms with van der Waals surface area (Å²) >= 11 is 5.83. The second-order valence-electron chi connectivity index (χ2n) is 5.80. The number of rotatable bonds is 3. The highest BCUT2D eigenvalue weighted by atomic mass is 35.5. The number of benzene rings is 1. The molecule has 1 aromatic rings. The standard InChI is InChI=1S/C16H20ClFN2O3/c17-13-7-11(1-2-14(13)18)15-9-20(4-6-23-15)16(21)8-12-10-22-5-3-19-12/h1-2,7,12,15,19H,3-6,8-10H2. The zero-order chi connectivity index (χ0) is 16.2. The van der Waals surface area contributed by atoms with Crippen LogP contribution in [0.2, 0.25) is 5.02 Å². The Hall–Kier alpha value is -1.21. The summed E-state index contributed by atoms with van der Waals surface area (Å²) in [6, 6.07) is 4.60. The predicted molar refractivity (Wildman–Crippen MR) is 83.9 cm³/mol. The lowest BCUT2D eigenvalue weighted by molar-refractivity contribution is -0.140. The van der Waals surface area contributed by atoms with Gasteiger partial charge in [-0.15, -0.1) is 0 Å². The van der Waals surface area contributed by atoms with Crippen LogP contribution in [0.25, 0.3) is 0 Å². The maximum atomic E-state index is 13.3. The minimum Gasteiger partial charge on any atom is -0.378 e. The van der Waals surface area contributed by atoms with Gasteiger partial charge in [0.05, 0.1) is 31.4 Å². The number of hydrogen-bond donors (Lipinski definition) is 1. The predicted octanol–water partition coefficient (Wildman–Crippen LogP) is 1.76. The number of nitrogens with zero attached hydrogens (tertiary/aromatic N) is 1. The number of amides is 1. The van der Waals surface area contributed by atoms with Crippen LogP contribution >= 0.6 is 11.6 Å². The van der Waals surface area contributed by atoms with E-state index in [1.807, 2.05) is 0 Å². The Bertz CT molecular complexity index is 566. The van der Waals surface area contributed by atoms with E-state index in [0.717, 1.165) is 12.1 Å². The molecule has 1 aromatic carbocycles. The van der Waals surface area contributed by atoms with Crippen molar-refractivity contribution in [1.29, 1.82) is 0 Å². The van der Waals surface area contributed by atoms with Gasteiger partial charge in [0.15, 0.2) is 0 Å². The van der Waals surface area contributed by atoms with Crippen LogP contribution in [-0.2, 0) is 14.3 Å². The van der Waals surface area contributed by atoms with Crippen molar-refractivity contribution in [3.05, 3.63) is 34.6 Å². The van der Waals surface area contributed by atoms with Gasteiger partial charge in [0.1, 0.15) is 11.9 Å². The van der Waals surface area contributed by atoms with Crippen molar-refractivity contribution >= 4 is 17.5 Å². The van der Waals surface area contributed by atoms with Crippen LogP contribution in [0.4, 0.5) is 4.39 Å². The summed E-state index contributed by atoms with van der Waals surface area (Å²) in [5.41, 5.74) is 0.785. The van der Waals surface area contributed by atoms with Gasteiger partial charge in [-0.05, 0) is 17.7 Å². The van der Waals surface area contributed by atoms with Gasteiger partial charge >= 0.3 is 0 Å². The monoisotopic (exact) mass is 342 g/mol. The quantitative estimate of drug-likeness (QED) is 0.909. The molecule has 0 spiro atoms. The molecule has 126 valence electrons. The molecule has 5 nitrogen and oxygen atoms in total. The number of carbonyl (C=O) groups is 1. The van der Waals surface area contributed by atoms with Crippen LogP contribution in [0, 0.1) is 5.82 Å². The van der Waals surface area contributed by atoms with Crippen LogP contribution in [0.15, 0.2) is 18.2 Å². The highest BCUT2D eigenvalue weighted by molar-refractivity contribution is 6.30. The Morgan fingerprint density at radius 2 is 2.30 bits per heavy atom. The molecule has 2 atom stereocenters. The molecule has 2 unspecified atom stereocenters. The van der Waals surface area contributed by atoms with E-state index in [2.05, 4.69) is 5.32 Å². The average molecular weight is 343 g/mol. The molecular weight excluding hydrogens is 323 g/mol. The van der Waals surface area contributed by atoms with E-state index in [0.29, 0.717) is 39.3 Å². The number of carbonyl (C=O) groups excluding carboxylic acids is 1. The molecule has 2 fully saturated rings. The summed E-state index contributed by atoms with van der Waals surface area (Å²) < 4.78 is 24.4. The lowest BCUT2D eigenvalue weighted by atomic mass is 10.1. The van der Waals surface area contributed by atoms with Crippen LogP contribution in [0.3, 0.4) is 0 Å². The largest absolute Gasteiger partial charge is 0.378 e. The first kappa shape index (κ1) is 16.6. The van der Waals surface area contributed by atoms with Crippen molar-refractivity contribution in [3.63, 3.8) is 0 Å². The lowest BCUT2D eigenvalue weighted by Crippen LogP contribution is -2.48. The highest BCUT2D eigenvalue weighted by Gasteiger charge is 2.27. The van der Waals surface area contributed by atoms with Crippen molar-refractivity contribution < 1.29 is 18.7 Å². The van der Waals surface area contributed by atoms with Crippen molar-refractivity contribution in [3.8, 4) is 0 Å². The van der Waals surface area contributed by atoms with Crippen LogP contribution in [0.5, 0.6) is 0 Å². The van der Waals surface area contributed by atoms with E-state index in [9.17, 15) is 9.18 Å². The minimum atomic E-state index is -0.456. The zero-order valence-corrected chi connectivity index (χ0v) is 13.5. The topological polar surface area (TPSA) is 50.8 Å². The van der Waals surface area contributed by atoms with Crippen LogP contribution in [-0.4, -0.2) is 56.3 Å². The number of morpholine rings is 2. The lowest BCUT2D eigenvalue weighted by Gasteiger charge is -2.34. The first-order valence-corrected chi connectivity index (χ1v) is 8.17. The normalized spacial score (nSPS) is 25.4. The fraction of sp³-hybridized carbons (Fsp3) is 0.562. The zero-order valence-electron chi connectivity index (χ0n) is 12.8. The summed E-state index contributed by atoms with van der Waals surface area (Å²) in [6.07, 6.45) is 0.137. The van der Waals surface area contributed by atoms with E-state index < -0.39 is 5.82 Å². The van der Waals surface area contributed by atoms with E-state index in [1.54, 1.807) is 17.0 Å². The molecule has 0 aromatic heterocycles. The Labute approximate surface area is 139 Å². The number of hydrogen-bond acceptors (Lipinski definition) is 4. The fourth-order valence-corrected chi connectivity index (χ4v) is 3.07. The number of ether oxygens (including phenoxy) is 2. The molecule has 7 heteroatoms. The van der Waals surface area contributed by atoms with Crippen LogP contribution < -0.4 is 5.32 Å². The van der Waals surface area contributed by atoms with Crippen molar-refractivity contribution in [2.45, 2.75) is 18.6 Å². The maximum absolute atomic E-state index is 13.3. The average Bonchev–Trinajstić information content (AvgIpc) is 2.58. The Balaban J connectivity index is 1.60. The first-order chi connectivity index (χ1) is 11.1. The van der Waals surface area contributed by atoms with Crippen molar-refractivity contribution in [2.75, 3.05) is 39.5 Å². The molecule has 2 heterocycles. The molecule has 1 amide bonds. The van der Waals surface area contributed by atoms with Gasteiger partial charge in [-0.3, -0.25) is 4.79 Å². The summed E-state index contributed by atoms with van der Waals surface area (Å²) in [5, 5.41) is 3.35. The molecule has 1 N–H and O–H groups in total. The van der Waals surface area contributed by atoms with Gasteiger partial charge in [-0.1, -0.05) is 17.7 Å². The third kappa shape index (κ3) is 4.20. The molecule has 3 rings (SSSR count). The highest BCUT2D eigenvalue weighted by Crippen LogP contribution is 2.26. The van der Waals surface area contributed by atoms with Gasteiger partial charge in [0, 0.05) is 25.6 Å². The second-order valence-corrected chi connectivity index (χ2v) is 6.21. The van der Waals surface area contributed by atoms with Crippen LogP contribution in [0.1, 0.15) is 18.1 Å². The Kier molecular flexibility index (Phi) is 5.48. The molecule has 0 saturated carbocycles. The van der Waals surface area contributed by atoms with Gasteiger partial charge in [-0.2, -0.15) is 0 Å². The molecule has 0 radical (unpaired) electrons.